The van der Waals surface area contributed by atoms with Crippen LogP contribution in [0.1, 0.15) is 16.8 Å². The Morgan fingerprint density at radius 3 is 2.79 bits per heavy atom. The summed E-state index contributed by atoms with van der Waals surface area (Å²) in [6.07, 6.45) is 3.77. The van der Waals surface area contributed by atoms with Gasteiger partial charge in [-0.1, -0.05) is 42.1 Å². The van der Waals surface area contributed by atoms with Crippen LogP contribution < -0.4 is 15.6 Å². The van der Waals surface area contributed by atoms with Gasteiger partial charge in [-0.3, -0.25) is 9.59 Å². The number of aryl methyl sites for hydroxylation is 1. The van der Waals surface area contributed by atoms with E-state index in [0.29, 0.717) is 63.4 Å². The first-order valence-corrected chi connectivity index (χ1v) is 12.9. The van der Waals surface area contributed by atoms with Crippen molar-refractivity contribution in [3.05, 3.63) is 94.6 Å². The fraction of sp³-hybridized carbons (Fsp3) is 0.148. The SMILES string of the molecule is [C-]#[N+]c1c(-c2cccc(OC)c2)nc(SCCCn2cnc3c(NC(=O)c4ccccc4)ncnc32)[nH]c1=O. The van der Waals surface area contributed by atoms with Gasteiger partial charge in [0.25, 0.3) is 17.2 Å². The van der Waals surface area contributed by atoms with Gasteiger partial charge in [-0.05, 0) is 36.2 Å². The molecule has 0 saturated heterocycles. The van der Waals surface area contributed by atoms with Crippen molar-refractivity contribution < 1.29 is 9.53 Å². The minimum atomic E-state index is -0.484. The van der Waals surface area contributed by atoms with Crippen LogP contribution in [-0.2, 0) is 6.54 Å². The Morgan fingerprint density at radius 1 is 1.15 bits per heavy atom. The molecule has 1 amide bonds. The minimum Gasteiger partial charge on any atom is -0.497 e. The number of benzene rings is 2. The number of aromatic nitrogens is 6. The van der Waals surface area contributed by atoms with E-state index < -0.39 is 5.56 Å². The summed E-state index contributed by atoms with van der Waals surface area (Å²) < 4.78 is 7.15. The van der Waals surface area contributed by atoms with Crippen molar-refractivity contribution in [3.63, 3.8) is 0 Å². The standard InChI is InChI=1S/C27H22N8O3S/c1-28-21-20(18-10-6-11-19(14-18)38-2)32-27(34-26(21)37)39-13-7-12-35-16-31-22-23(29-15-30-24(22)35)33-25(36)17-8-4-3-5-9-17/h3-6,8-11,14-16H,7,12-13H2,2H3,(H,32,34,37)(H,29,30,33,36). The fourth-order valence-electron chi connectivity index (χ4n) is 3.90. The largest absolute Gasteiger partial charge is 0.497 e. The number of methoxy groups -OCH3 is 1. The number of nitrogens with zero attached hydrogens (tertiary/aromatic N) is 6. The molecule has 2 aromatic carbocycles. The van der Waals surface area contributed by atoms with E-state index in [9.17, 15) is 9.59 Å². The van der Waals surface area contributed by atoms with Gasteiger partial charge in [0.1, 0.15) is 12.1 Å². The Balaban J connectivity index is 1.27. The molecule has 3 heterocycles. The summed E-state index contributed by atoms with van der Waals surface area (Å²) in [4.78, 5) is 48.7. The number of amides is 1. The summed E-state index contributed by atoms with van der Waals surface area (Å²) in [6.45, 7) is 8.04. The van der Waals surface area contributed by atoms with Crippen LogP contribution in [0.25, 0.3) is 27.3 Å². The van der Waals surface area contributed by atoms with Crippen molar-refractivity contribution in [1.29, 1.82) is 0 Å². The molecule has 0 saturated carbocycles. The molecule has 0 spiro atoms. The zero-order valence-electron chi connectivity index (χ0n) is 20.8. The number of H-pyrrole nitrogens is 1. The first-order valence-electron chi connectivity index (χ1n) is 11.9. The van der Waals surface area contributed by atoms with Gasteiger partial charge in [-0.2, -0.15) is 0 Å². The number of rotatable bonds is 9. The van der Waals surface area contributed by atoms with Crippen molar-refractivity contribution in [2.24, 2.45) is 0 Å². The summed E-state index contributed by atoms with van der Waals surface area (Å²) in [7, 11) is 1.55. The van der Waals surface area contributed by atoms with Gasteiger partial charge in [0.05, 0.1) is 25.7 Å². The predicted octanol–water partition coefficient (Wildman–Crippen LogP) is 4.57. The Labute approximate surface area is 227 Å². The topological polar surface area (TPSA) is 132 Å². The van der Waals surface area contributed by atoms with E-state index in [4.69, 9.17) is 11.3 Å². The highest BCUT2D eigenvalue weighted by Gasteiger charge is 2.16. The lowest BCUT2D eigenvalue weighted by Crippen LogP contribution is -2.13. The van der Waals surface area contributed by atoms with Gasteiger partial charge in [0, 0.05) is 17.9 Å². The number of ether oxygens (including phenoxy) is 1. The molecule has 0 fully saturated rings. The number of fused-ring (bicyclic) bond motifs is 1. The van der Waals surface area contributed by atoms with E-state index in [1.807, 2.05) is 10.6 Å². The maximum absolute atomic E-state index is 12.6. The van der Waals surface area contributed by atoms with Crippen LogP contribution in [0.2, 0.25) is 0 Å². The summed E-state index contributed by atoms with van der Waals surface area (Å²) in [5.74, 6) is 1.31. The highest BCUT2D eigenvalue weighted by atomic mass is 32.2. The van der Waals surface area contributed by atoms with Gasteiger partial charge in [-0.15, -0.1) is 0 Å². The molecular weight excluding hydrogens is 516 g/mol. The fourth-order valence-corrected chi connectivity index (χ4v) is 4.69. The number of hydrogen-bond donors (Lipinski definition) is 2. The molecule has 0 aliphatic heterocycles. The normalized spacial score (nSPS) is 10.8. The highest BCUT2D eigenvalue weighted by molar-refractivity contribution is 7.99. The molecule has 3 aromatic heterocycles. The molecule has 11 nitrogen and oxygen atoms in total. The van der Waals surface area contributed by atoms with Crippen molar-refractivity contribution in [2.75, 3.05) is 18.2 Å². The third-order valence-electron chi connectivity index (χ3n) is 5.78. The van der Waals surface area contributed by atoms with Crippen LogP contribution in [0, 0.1) is 6.57 Å². The van der Waals surface area contributed by atoms with E-state index in [0.717, 1.165) is 0 Å². The maximum atomic E-state index is 12.6. The van der Waals surface area contributed by atoms with Crippen LogP contribution in [0.15, 0.2) is 77.2 Å². The lowest BCUT2D eigenvalue weighted by molar-refractivity contribution is 0.102. The van der Waals surface area contributed by atoms with Gasteiger partial charge in [0.2, 0.25) is 0 Å². The first-order chi connectivity index (χ1) is 19.1. The molecule has 0 unspecified atom stereocenters. The average Bonchev–Trinajstić information content (AvgIpc) is 3.39. The molecule has 5 aromatic rings. The quantitative estimate of drug-likeness (QED) is 0.121. The number of carbonyl (C=O) groups is 1. The number of carbonyl (C=O) groups excluding carboxylic acids is 1. The maximum Gasteiger partial charge on any atom is 0.276 e. The lowest BCUT2D eigenvalue weighted by Gasteiger charge is -2.09. The highest BCUT2D eigenvalue weighted by Crippen LogP contribution is 2.29. The second kappa shape index (κ2) is 11.6. The average molecular weight is 539 g/mol. The Kier molecular flexibility index (Phi) is 7.60. The van der Waals surface area contributed by atoms with Gasteiger partial charge < -0.3 is 19.6 Å². The van der Waals surface area contributed by atoms with E-state index in [1.54, 1.807) is 62.0 Å². The van der Waals surface area contributed by atoms with Crippen molar-refractivity contribution in [2.45, 2.75) is 18.1 Å². The second-order valence-electron chi connectivity index (χ2n) is 8.27. The zero-order valence-corrected chi connectivity index (χ0v) is 21.6. The van der Waals surface area contributed by atoms with Crippen LogP contribution in [0.4, 0.5) is 11.5 Å². The number of imidazole rings is 1. The zero-order chi connectivity index (χ0) is 27.2. The number of nitrogens with one attached hydrogen (secondary N) is 2. The summed E-state index contributed by atoms with van der Waals surface area (Å²) >= 11 is 1.38. The van der Waals surface area contributed by atoms with Crippen molar-refractivity contribution >= 4 is 40.3 Å². The van der Waals surface area contributed by atoms with E-state index in [-0.39, 0.29) is 11.6 Å². The molecular formula is C27H22N8O3S. The summed E-state index contributed by atoms with van der Waals surface area (Å²) in [5, 5.41) is 3.23. The summed E-state index contributed by atoms with van der Waals surface area (Å²) in [5.41, 5.74) is 2.02. The smallest absolute Gasteiger partial charge is 0.276 e. The third kappa shape index (κ3) is 5.63. The van der Waals surface area contributed by atoms with Crippen molar-refractivity contribution in [3.8, 4) is 17.0 Å². The molecule has 0 radical (unpaired) electrons. The predicted molar refractivity (Wildman–Crippen MR) is 148 cm³/mol. The molecule has 2 N–H and O–H groups in total. The van der Waals surface area contributed by atoms with Crippen LogP contribution >= 0.6 is 11.8 Å². The molecule has 0 bridgehead atoms. The van der Waals surface area contributed by atoms with Gasteiger partial charge >= 0.3 is 0 Å². The van der Waals surface area contributed by atoms with Crippen LogP contribution in [-0.4, -0.2) is 48.3 Å². The Hall–Kier alpha value is -5.02. The Morgan fingerprint density at radius 2 is 2.00 bits per heavy atom. The second-order valence-corrected chi connectivity index (χ2v) is 9.35. The minimum absolute atomic E-state index is 0.0627. The van der Waals surface area contributed by atoms with Crippen molar-refractivity contribution in [1.82, 2.24) is 29.5 Å². The molecule has 0 aliphatic rings. The number of anilines is 1. The van der Waals surface area contributed by atoms with Crippen LogP contribution in [0.5, 0.6) is 5.75 Å². The molecule has 0 atom stereocenters. The Bertz CT molecular complexity index is 1740. The monoisotopic (exact) mass is 538 g/mol. The summed E-state index contributed by atoms with van der Waals surface area (Å²) in [6, 6.07) is 16.0. The number of aromatic amines is 1. The molecule has 39 heavy (non-hydrogen) atoms. The molecule has 0 aliphatic carbocycles. The van der Waals surface area contributed by atoms with Gasteiger partial charge in [0.15, 0.2) is 22.1 Å². The third-order valence-corrected chi connectivity index (χ3v) is 6.74. The van der Waals surface area contributed by atoms with Gasteiger partial charge in [-0.25, -0.2) is 24.8 Å². The molecule has 12 heteroatoms. The molecule has 194 valence electrons. The van der Waals surface area contributed by atoms with E-state index in [1.165, 1.54) is 18.1 Å². The molecule has 5 rings (SSSR count). The van der Waals surface area contributed by atoms with E-state index >= 15 is 0 Å². The number of thioether (sulfide) groups is 1. The number of hydrogen-bond acceptors (Lipinski definition) is 8. The first kappa shape index (κ1) is 25.6. The van der Waals surface area contributed by atoms with E-state index in [2.05, 4.69) is 35.1 Å². The lowest BCUT2D eigenvalue weighted by atomic mass is 10.1. The van der Waals surface area contributed by atoms with Crippen LogP contribution in [0.3, 0.4) is 0 Å².